The van der Waals surface area contributed by atoms with Crippen LogP contribution in [0.2, 0.25) is 0 Å². The third-order valence-corrected chi connectivity index (χ3v) is 5.67. The van der Waals surface area contributed by atoms with Gasteiger partial charge in [-0.2, -0.15) is 0 Å². The van der Waals surface area contributed by atoms with Gasteiger partial charge in [-0.25, -0.2) is 18.2 Å². The molecule has 1 aliphatic rings. The maximum absolute atomic E-state index is 13.9. The number of amides is 2. The number of H-pyrrole nitrogens is 1. The van der Waals surface area contributed by atoms with Crippen molar-refractivity contribution in [2.24, 2.45) is 0 Å². The molecule has 1 atom stereocenters. The average Bonchev–Trinajstić information content (AvgIpc) is 2.75. The third-order valence-electron chi connectivity index (χ3n) is 4.72. The van der Waals surface area contributed by atoms with Crippen molar-refractivity contribution >= 4 is 35.1 Å². The first kappa shape index (κ1) is 21.6. The van der Waals surface area contributed by atoms with Crippen LogP contribution in [0, 0.1) is 17.5 Å². The van der Waals surface area contributed by atoms with Crippen molar-refractivity contribution in [1.82, 2.24) is 9.97 Å². The molecule has 3 aromatic rings. The highest BCUT2D eigenvalue weighted by molar-refractivity contribution is 7.98. The first-order valence-electron chi connectivity index (χ1n) is 9.37. The minimum Gasteiger partial charge on any atom is -0.323 e. The number of aromatic nitrogens is 2. The van der Waals surface area contributed by atoms with Crippen LogP contribution in [0.3, 0.4) is 0 Å². The first-order valence-corrected chi connectivity index (χ1v) is 10.4. The number of rotatable bonds is 5. The Morgan fingerprint density at radius 1 is 1.09 bits per heavy atom. The standard InChI is InChI=1S/C21H15F3N4O3S/c22-11-3-1-10(2-4-11)9-32-21-27-18-17(20(31)28-21)13(8-16(29)26-18)19(30)25-15-7-12(23)5-6-14(15)24/h1-7,13H,8-9H2,(H,25,30)(H2,26,27,28,29,31)/t13-/m1/s1. The molecule has 11 heteroatoms. The van der Waals surface area contributed by atoms with Gasteiger partial charge in [0.25, 0.3) is 5.56 Å². The monoisotopic (exact) mass is 460 g/mol. The van der Waals surface area contributed by atoms with E-state index in [1.54, 1.807) is 12.1 Å². The van der Waals surface area contributed by atoms with Crippen LogP contribution < -0.4 is 16.2 Å². The Morgan fingerprint density at radius 2 is 1.81 bits per heavy atom. The maximum Gasteiger partial charge on any atom is 0.257 e. The van der Waals surface area contributed by atoms with Gasteiger partial charge in [0, 0.05) is 18.2 Å². The first-order chi connectivity index (χ1) is 15.3. The van der Waals surface area contributed by atoms with Crippen LogP contribution in [0.25, 0.3) is 0 Å². The lowest BCUT2D eigenvalue weighted by Crippen LogP contribution is -2.36. The number of aromatic amines is 1. The quantitative estimate of drug-likeness (QED) is 0.399. The molecule has 3 N–H and O–H groups in total. The number of hydrogen-bond donors (Lipinski definition) is 3. The van der Waals surface area contributed by atoms with E-state index in [0.29, 0.717) is 5.75 Å². The number of carbonyl (C=O) groups excluding carboxylic acids is 2. The zero-order valence-corrected chi connectivity index (χ0v) is 17.1. The molecule has 0 fully saturated rings. The molecule has 164 valence electrons. The number of carbonyl (C=O) groups is 2. The van der Waals surface area contributed by atoms with Crippen LogP contribution >= 0.6 is 11.8 Å². The molecule has 0 unspecified atom stereocenters. The Balaban J connectivity index is 1.58. The van der Waals surface area contributed by atoms with Crippen LogP contribution in [-0.4, -0.2) is 21.8 Å². The molecule has 2 aromatic carbocycles. The van der Waals surface area contributed by atoms with Crippen LogP contribution in [0.15, 0.2) is 52.4 Å². The fourth-order valence-electron chi connectivity index (χ4n) is 3.19. The topological polar surface area (TPSA) is 104 Å². The molecule has 1 aliphatic heterocycles. The summed E-state index contributed by atoms with van der Waals surface area (Å²) in [6, 6.07) is 8.35. The number of anilines is 2. The van der Waals surface area contributed by atoms with Crippen molar-refractivity contribution in [2.75, 3.05) is 10.6 Å². The maximum atomic E-state index is 13.9. The molecule has 2 heterocycles. The molecule has 4 rings (SSSR count). The van der Waals surface area contributed by atoms with Crippen molar-refractivity contribution in [2.45, 2.75) is 23.2 Å². The lowest BCUT2D eigenvalue weighted by molar-refractivity contribution is -0.123. The van der Waals surface area contributed by atoms with Gasteiger partial charge in [0.15, 0.2) is 5.16 Å². The summed E-state index contributed by atoms with van der Waals surface area (Å²) in [6.45, 7) is 0. The fraction of sp³-hybridized carbons (Fsp3) is 0.143. The van der Waals surface area contributed by atoms with Gasteiger partial charge in [0.2, 0.25) is 11.8 Å². The van der Waals surface area contributed by atoms with Gasteiger partial charge in [0.1, 0.15) is 23.3 Å². The Morgan fingerprint density at radius 3 is 2.56 bits per heavy atom. The second kappa shape index (κ2) is 8.87. The van der Waals surface area contributed by atoms with E-state index in [1.165, 1.54) is 12.1 Å². The minimum absolute atomic E-state index is 0.0773. The van der Waals surface area contributed by atoms with Gasteiger partial charge in [-0.3, -0.25) is 14.4 Å². The minimum atomic E-state index is -1.24. The number of nitrogens with zero attached hydrogens (tertiary/aromatic N) is 1. The number of fused-ring (bicyclic) bond motifs is 1. The molecule has 0 saturated heterocycles. The highest BCUT2D eigenvalue weighted by Crippen LogP contribution is 2.31. The van der Waals surface area contributed by atoms with E-state index in [-0.39, 0.29) is 28.8 Å². The zero-order valence-electron chi connectivity index (χ0n) is 16.2. The molecule has 1 aromatic heterocycles. The summed E-state index contributed by atoms with van der Waals surface area (Å²) < 4.78 is 40.3. The summed E-state index contributed by atoms with van der Waals surface area (Å²) in [7, 11) is 0. The van der Waals surface area contributed by atoms with E-state index in [1.807, 2.05) is 0 Å². The number of nitrogens with one attached hydrogen (secondary N) is 3. The molecule has 0 spiro atoms. The van der Waals surface area contributed by atoms with Crippen LogP contribution in [0.4, 0.5) is 24.7 Å². The van der Waals surface area contributed by atoms with Gasteiger partial charge < -0.3 is 15.6 Å². The van der Waals surface area contributed by atoms with Gasteiger partial charge in [0.05, 0.1) is 17.2 Å². The number of hydrogen-bond acceptors (Lipinski definition) is 5. The molecule has 0 aliphatic carbocycles. The Labute approximate surface area is 183 Å². The van der Waals surface area contributed by atoms with Gasteiger partial charge in [-0.15, -0.1) is 0 Å². The molecular formula is C21H15F3N4O3S. The third kappa shape index (κ3) is 4.67. The lowest BCUT2D eigenvalue weighted by atomic mass is 9.92. The zero-order chi connectivity index (χ0) is 22.8. The summed E-state index contributed by atoms with van der Waals surface area (Å²) in [4.78, 5) is 44.3. The summed E-state index contributed by atoms with van der Waals surface area (Å²) in [5.74, 6) is -4.33. The van der Waals surface area contributed by atoms with E-state index in [2.05, 4.69) is 20.6 Å². The van der Waals surface area contributed by atoms with Crippen molar-refractivity contribution in [3.63, 3.8) is 0 Å². The number of benzene rings is 2. The van der Waals surface area contributed by atoms with E-state index in [9.17, 15) is 27.6 Å². The number of thioether (sulfide) groups is 1. The Kier molecular flexibility index (Phi) is 5.99. The van der Waals surface area contributed by atoms with E-state index >= 15 is 0 Å². The van der Waals surface area contributed by atoms with Crippen molar-refractivity contribution in [1.29, 1.82) is 0 Å². The van der Waals surface area contributed by atoms with Gasteiger partial charge >= 0.3 is 0 Å². The van der Waals surface area contributed by atoms with Crippen LogP contribution in [-0.2, 0) is 15.3 Å². The summed E-state index contributed by atoms with van der Waals surface area (Å²) >= 11 is 1.15. The number of halogens is 3. The molecule has 0 bridgehead atoms. The summed E-state index contributed by atoms with van der Waals surface area (Å²) in [5, 5.41) is 4.88. The summed E-state index contributed by atoms with van der Waals surface area (Å²) in [5.41, 5.74) is -0.338. The fourth-order valence-corrected chi connectivity index (χ4v) is 4.00. The lowest BCUT2D eigenvalue weighted by Gasteiger charge is -2.23. The molecule has 0 saturated carbocycles. The van der Waals surface area contributed by atoms with Crippen LogP contribution in [0.5, 0.6) is 0 Å². The van der Waals surface area contributed by atoms with Gasteiger partial charge in [-0.05, 0) is 29.8 Å². The van der Waals surface area contributed by atoms with E-state index < -0.39 is 40.6 Å². The second-order valence-electron chi connectivity index (χ2n) is 6.97. The molecule has 7 nitrogen and oxygen atoms in total. The predicted octanol–water partition coefficient (Wildman–Crippen LogP) is 3.54. The van der Waals surface area contributed by atoms with Crippen molar-refractivity contribution in [3.05, 3.63) is 81.4 Å². The molecule has 32 heavy (non-hydrogen) atoms. The molecule has 2 amide bonds. The second-order valence-corrected chi connectivity index (χ2v) is 7.93. The van der Waals surface area contributed by atoms with Crippen molar-refractivity contribution < 1.29 is 22.8 Å². The van der Waals surface area contributed by atoms with Crippen molar-refractivity contribution in [3.8, 4) is 0 Å². The van der Waals surface area contributed by atoms with Crippen LogP contribution in [0.1, 0.15) is 23.5 Å². The molecule has 0 radical (unpaired) electrons. The Hall–Kier alpha value is -3.60. The normalized spacial score (nSPS) is 15.1. The highest BCUT2D eigenvalue weighted by Gasteiger charge is 2.35. The smallest absolute Gasteiger partial charge is 0.257 e. The Bertz CT molecular complexity index is 1260. The average molecular weight is 460 g/mol. The predicted molar refractivity (Wildman–Crippen MR) is 112 cm³/mol. The van der Waals surface area contributed by atoms with E-state index in [0.717, 1.165) is 35.5 Å². The SMILES string of the molecule is O=C1C[C@@H](C(=O)Nc2cc(F)ccc2F)c2c(nc(SCc3ccc(F)cc3)[nH]c2=O)N1. The van der Waals surface area contributed by atoms with Gasteiger partial charge in [-0.1, -0.05) is 23.9 Å². The molecular weight excluding hydrogens is 445 g/mol. The van der Waals surface area contributed by atoms with E-state index in [4.69, 9.17) is 0 Å². The summed E-state index contributed by atoms with van der Waals surface area (Å²) in [6.07, 6.45) is -0.359. The largest absolute Gasteiger partial charge is 0.323 e. The highest BCUT2D eigenvalue weighted by atomic mass is 32.2.